The van der Waals surface area contributed by atoms with Crippen LogP contribution in [0, 0.1) is 0 Å². The molecule has 2 amide bonds. The maximum Gasteiger partial charge on any atom is 0.288 e. The van der Waals surface area contributed by atoms with Gasteiger partial charge in [0.25, 0.3) is 11.8 Å². The smallest absolute Gasteiger partial charge is 0.288 e. The minimum Gasteiger partial charge on any atom is -0.363 e. The van der Waals surface area contributed by atoms with Crippen molar-refractivity contribution in [1.29, 1.82) is 0 Å². The molecule has 4 N–H and O–H groups in total. The van der Waals surface area contributed by atoms with Crippen molar-refractivity contribution in [1.82, 2.24) is 14.8 Å². The molecule has 0 aliphatic heterocycles. The van der Waals surface area contributed by atoms with Gasteiger partial charge in [0.15, 0.2) is 0 Å². The molecule has 0 atom stereocenters. The van der Waals surface area contributed by atoms with Crippen LogP contribution in [0.2, 0.25) is 0 Å². The first-order chi connectivity index (χ1) is 5.52. The van der Waals surface area contributed by atoms with E-state index in [2.05, 4.69) is 10.1 Å². The van der Waals surface area contributed by atoms with Crippen LogP contribution in [0.4, 0.5) is 0 Å². The molecule has 1 rings (SSSR count). The quantitative estimate of drug-likeness (QED) is 0.533. The monoisotopic (exact) mass is 169 g/mol. The van der Waals surface area contributed by atoms with E-state index in [0.717, 1.165) is 4.68 Å². The standard InChI is InChI=1S/C5H7N5O2/c1-10-5(3(7)12)8-4(9-10)2(6)11/h1H3,(H2,6,11)(H2,7,12). The van der Waals surface area contributed by atoms with Crippen molar-refractivity contribution in [3.63, 3.8) is 0 Å². The fraction of sp³-hybridized carbons (Fsp3) is 0.200. The number of rotatable bonds is 2. The van der Waals surface area contributed by atoms with Crippen LogP contribution in [0.5, 0.6) is 0 Å². The number of nitrogens with zero attached hydrogens (tertiary/aromatic N) is 3. The molecule has 0 aliphatic carbocycles. The predicted octanol–water partition coefficient (Wildman–Crippen LogP) is -1.99. The Morgan fingerprint density at radius 3 is 2.17 bits per heavy atom. The highest BCUT2D eigenvalue weighted by atomic mass is 16.2. The van der Waals surface area contributed by atoms with Gasteiger partial charge in [0, 0.05) is 7.05 Å². The lowest BCUT2D eigenvalue weighted by atomic mass is 10.5. The van der Waals surface area contributed by atoms with Gasteiger partial charge in [-0.3, -0.25) is 9.59 Å². The number of carbonyl (C=O) groups is 2. The molecule has 64 valence electrons. The van der Waals surface area contributed by atoms with Gasteiger partial charge in [-0.1, -0.05) is 0 Å². The highest BCUT2D eigenvalue weighted by Gasteiger charge is 2.14. The second-order valence-electron chi connectivity index (χ2n) is 2.11. The third-order valence-corrected chi connectivity index (χ3v) is 1.20. The van der Waals surface area contributed by atoms with Crippen molar-refractivity contribution >= 4 is 11.8 Å². The summed E-state index contributed by atoms with van der Waals surface area (Å²) in [4.78, 5) is 24.6. The van der Waals surface area contributed by atoms with E-state index in [1.165, 1.54) is 7.05 Å². The SMILES string of the molecule is Cn1nc(C(N)=O)nc1C(N)=O. The average Bonchev–Trinajstić information content (AvgIpc) is 2.30. The normalized spacial score (nSPS) is 9.75. The topological polar surface area (TPSA) is 117 Å². The Balaban J connectivity index is 3.17. The molecule has 7 nitrogen and oxygen atoms in total. The van der Waals surface area contributed by atoms with E-state index in [4.69, 9.17) is 11.5 Å². The Labute approximate surface area is 67.4 Å². The van der Waals surface area contributed by atoms with E-state index in [0.29, 0.717) is 0 Å². The van der Waals surface area contributed by atoms with Crippen LogP contribution in [0.25, 0.3) is 0 Å². The van der Waals surface area contributed by atoms with Gasteiger partial charge >= 0.3 is 0 Å². The molecule has 0 spiro atoms. The number of nitrogens with two attached hydrogens (primary N) is 2. The lowest BCUT2D eigenvalue weighted by molar-refractivity contribution is 0.0984. The van der Waals surface area contributed by atoms with Crippen LogP contribution >= 0.6 is 0 Å². The van der Waals surface area contributed by atoms with Gasteiger partial charge in [-0.2, -0.15) is 4.98 Å². The first-order valence-electron chi connectivity index (χ1n) is 3.03. The van der Waals surface area contributed by atoms with Gasteiger partial charge in [-0.15, -0.1) is 5.10 Å². The van der Waals surface area contributed by atoms with Crippen molar-refractivity contribution in [2.45, 2.75) is 0 Å². The fourth-order valence-corrected chi connectivity index (χ4v) is 0.703. The molecule has 1 aromatic heterocycles. The number of amides is 2. The summed E-state index contributed by atoms with van der Waals surface area (Å²) in [6.45, 7) is 0. The van der Waals surface area contributed by atoms with E-state index in [1.54, 1.807) is 0 Å². The number of primary amides is 2. The van der Waals surface area contributed by atoms with Gasteiger partial charge in [0.05, 0.1) is 0 Å². The summed E-state index contributed by atoms with van der Waals surface area (Å²) in [5.41, 5.74) is 9.78. The van der Waals surface area contributed by atoms with Crippen LogP contribution in [-0.2, 0) is 7.05 Å². The Kier molecular flexibility index (Phi) is 1.78. The molecular weight excluding hydrogens is 162 g/mol. The summed E-state index contributed by atoms with van der Waals surface area (Å²) in [6.07, 6.45) is 0. The Bertz CT molecular complexity index is 342. The summed E-state index contributed by atoms with van der Waals surface area (Å²) in [7, 11) is 1.44. The van der Waals surface area contributed by atoms with E-state index in [9.17, 15) is 9.59 Å². The van der Waals surface area contributed by atoms with Gasteiger partial charge in [0.2, 0.25) is 11.6 Å². The molecule has 0 radical (unpaired) electrons. The van der Waals surface area contributed by atoms with E-state index in [1.807, 2.05) is 0 Å². The number of carbonyl (C=O) groups excluding carboxylic acids is 2. The largest absolute Gasteiger partial charge is 0.363 e. The maximum atomic E-state index is 10.6. The number of aromatic nitrogens is 3. The highest BCUT2D eigenvalue weighted by Crippen LogP contribution is 1.93. The molecule has 0 aliphatic rings. The van der Waals surface area contributed by atoms with Crippen molar-refractivity contribution in [3.8, 4) is 0 Å². The number of hydrogen-bond acceptors (Lipinski definition) is 4. The Hall–Kier alpha value is -1.92. The van der Waals surface area contributed by atoms with Gasteiger partial charge < -0.3 is 11.5 Å². The van der Waals surface area contributed by atoms with Crippen LogP contribution in [0.3, 0.4) is 0 Å². The second-order valence-corrected chi connectivity index (χ2v) is 2.11. The Morgan fingerprint density at radius 2 is 1.92 bits per heavy atom. The molecule has 1 heterocycles. The molecule has 0 unspecified atom stereocenters. The van der Waals surface area contributed by atoms with Crippen molar-refractivity contribution in [2.75, 3.05) is 0 Å². The summed E-state index contributed by atoms with van der Waals surface area (Å²) in [5, 5.41) is 3.56. The Morgan fingerprint density at radius 1 is 1.33 bits per heavy atom. The van der Waals surface area contributed by atoms with Crippen molar-refractivity contribution in [3.05, 3.63) is 11.6 Å². The molecule has 0 fully saturated rings. The zero-order chi connectivity index (χ0) is 9.30. The molecule has 1 aromatic rings. The molecular formula is C5H7N5O2. The van der Waals surface area contributed by atoms with Gasteiger partial charge in [0.1, 0.15) is 0 Å². The summed E-state index contributed by atoms with van der Waals surface area (Å²) < 4.78 is 1.10. The maximum absolute atomic E-state index is 10.6. The number of hydrogen-bond donors (Lipinski definition) is 2. The van der Waals surface area contributed by atoms with Crippen LogP contribution in [0.1, 0.15) is 21.2 Å². The van der Waals surface area contributed by atoms with Crippen LogP contribution < -0.4 is 11.5 Å². The van der Waals surface area contributed by atoms with Crippen LogP contribution in [0.15, 0.2) is 0 Å². The third-order valence-electron chi connectivity index (χ3n) is 1.20. The first kappa shape index (κ1) is 8.18. The van der Waals surface area contributed by atoms with Crippen LogP contribution in [-0.4, -0.2) is 26.6 Å². The third kappa shape index (κ3) is 1.24. The van der Waals surface area contributed by atoms with E-state index < -0.39 is 11.8 Å². The minimum absolute atomic E-state index is 0.0937. The molecule has 0 aromatic carbocycles. The minimum atomic E-state index is -0.793. The molecule has 0 saturated carbocycles. The second kappa shape index (κ2) is 2.61. The molecule has 7 heteroatoms. The lowest BCUT2D eigenvalue weighted by Gasteiger charge is -1.89. The molecule has 0 bridgehead atoms. The zero-order valence-corrected chi connectivity index (χ0v) is 6.31. The fourth-order valence-electron chi connectivity index (χ4n) is 0.703. The van der Waals surface area contributed by atoms with E-state index >= 15 is 0 Å². The van der Waals surface area contributed by atoms with Crippen molar-refractivity contribution in [2.24, 2.45) is 18.5 Å². The number of aryl methyl sites for hydroxylation is 1. The lowest BCUT2D eigenvalue weighted by Crippen LogP contribution is -2.17. The predicted molar refractivity (Wildman–Crippen MR) is 38.0 cm³/mol. The molecule has 12 heavy (non-hydrogen) atoms. The van der Waals surface area contributed by atoms with Crippen molar-refractivity contribution < 1.29 is 9.59 Å². The summed E-state index contributed by atoms with van der Waals surface area (Å²) in [6, 6.07) is 0. The summed E-state index contributed by atoms with van der Waals surface area (Å²) >= 11 is 0. The van der Waals surface area contributed by atoms with Gasteiger partial charge in [-0.25, -0.2) is 4.68 Å². The molecule has 0 saturated heterocycles. The first-order valence-corrected chi connectivity index (χ1v) is 3.03. The highest BCUT2D eigenvalue weighted by molar-refractivity contribution is 5.92. The summed E-state index contributed by atoms with van der Waals surface area (Å²) in [5.74, 6) is -1.86. The zero-order valence-electron chi connectivity index (χ0n) is 6.31. The van der Waals surface area contributed by atoms with Gasteiger partial charge in [-0.05, 0) is 0 Å². The van der Waals surface area contributed by atoms with E-state index in [-0.39, 0.29) is 11.6 Å². The average molecular weight is 169 g/mol.